The summed E-state index contributed by atoms with van der Waals surface area (Å²) < 4.78 is 0. The number of aliphatic hydroxyl groups is 5. The van der Waals surface area contributed by atoms with Gasteiger partial charge in [-0.3, -0.25) is 9.78 Å². The monoisotopic (exact) mass is 299 g/mol. The number of pyridine rings is 1. The van der Waals surface area contributed by atoms with Gasteiger partial charge < -0.3 is 25.5 Å². The van der Waals surface area contributed by atoms with E-state index < -0.39 is 36.9 Å². The molecule has 1 amide bonds. The molecule has 116 valence electrons. The SMILES string of the molecule is O=C(N/N=C\[C@H](O)[C@H](O)[C@H](O)[C@@H](O)CO)c1ccncc1. The second-order valence-electron chi connectivity index (χ2n) is 4.18. The van der Waals surface area contributed by atoms with Crippen LogP contribution in [0.4, 0.5) is 0 Å². The first-order valence-corrected chi connectivity index (χ1v) is 6.04. The third-order valence-electron chi connectivity index (χ3n) is 2.62. The summed E-state index contributed by atoms with van der Waals surface area (Å²) in [7, 11) is 0. The fourth-order valence-corrected chi connectivity index (χ4v) is 1.37. The molecule has 1 aromatic rings. The van der Waals surface area contributed by atoms with Crippen molar-refractivity contribution in [3.05, 3.63) is 30.1 Å². The molecule has 9 nitrogen and oxygen atoms in total. The number of aromatic nitrogens is 1. The lowest BCUT2D eigenvalue weighted by atomic mass is 10.0. The second kappa shape index (κ2) is 8.39. The summed E-state index contributed by atoms with van der Waals surface area (Å²) in [5.74, 6) is -0.550. The van der Waals surface area contributed by atoms with Crippen molar-refractivity contribution in [2.24, 2.45) is 5.10 Å². The van der Waals surface area contributed by atoms with Crippen LogP contribution in [0.5, 0.6) is 0 Å². The molecule has 0 saturated heterocycles. The zero-order valence-corrected chi connectivity index (χ0v) is 10.9. The topological polar surface area (TPSA) is 156 Å². The van der Waals surface area contributed by atoms with Gasteiger partial charge >= 0.3 is 0 Å². The largest absolute Gasteiger partial charge is 0.394 e. The highest BCUT2D eigenvalue weighted by Gasteiger charge is 2.29. The standard InChI is InChI=1S/C12H17N3O6/c16-6-9(18)11(20)10(19)8(17)5-14-15-12(21)7-1-3-13-4-2-7/h1-5,8-11,16-20H,6H2,(H,15,21)/b14-5-/t8-,9-,10-,11+/m0/s1. The Morgan fingerprint density at radius 2 is 1.86 bits per heavy atom. The Bertz CT molecular complexity index is 469. The Morgan fingerprint density at radius 3 is 2.43 bits per heavy atom. The van der Waals surface area contributed by atoms with E-state index >= 15 is 0 Å². The van der Waals surface area contributed by atoms with Gasteiger partial charge in [0, 0.05) is 18.0 Å². The second-order valence-corrected chi connectivity index (χ2v) is 4.18. The molecule has 0 aliphatic heterocycles. The Labute approximate surface area is 120 Å². The Morgan fingerprint density at radius 1 is 1.24 bits per heavy atom. The summed E-state index contributed by atoms with van der Waals surface area (Å²) in [4.78, 5) is 15.3. The fraction of sp³-hybridized carbons (Fsp3) is 0.417. The number of hydrogen-bond donors (Lipinski definition) is 6. The van der Waals surface area contributed by atoms with Crippen molar-refractivity contribution in [1.82, 2.24) is 10.4 Å². The minimum Gasteiger partial charge on any atom is -0.394 e. The number of amides is 1. The van der Waals surface area contributed by atoms with Crippen molar-refractivity contribution < 1.29 is 30.3 Å². The lowest BCUT2D eigenvalue weighted by molar-refractivity contribution is -0.0999. The summed E-state index contributed by atoms with van der Waals surface area (Å²) in [6.45, 7) is -0.777. The highest BCUT2D eigenvalue weighted by molar-refractivity contribution is 5.94. The predicted octanol–water partition coefficient (Wildman–Crippen LogP) is -2.77. The quantitative estimate of drug-likeness (QED) is 0.235. The lowest BCUT2D eigenvalue weighted by Gasteiger charge is -2.23. The first kappa shape index (κ1) is 17.1. The van der Waals surface area contributed by atoms with Crippen molar-refractivity contribution in [2.75, 3.05) is 6.61 Å². The maximum atomic E-state index is 11.6. The van der Waals surface area contributed by atoms with E-state index in [2.05, 4.69) is 15.5 Å². The fourth-order valence-electron chi connectivity index (χ4n) is 1.37. The summed E-state index contributed by atoms with van der Waals surface area (Å²) in [6, 6.07) is 2.91. The number of nitrogens with zero attached hydrogens (tertiary/aromatic N) is 2. The molecule has 0 aliphatic carbocycles. The normalized spacial score (nSPS) is 17.2. The van der Waals surface area contributed by atoms with Crippen LogP contribution in [0.25, 0.3) is 0 Å². The Hall–Kier alpha value is -1.91. The summed E-state index contributed by atoms with van der Waals surface area (Å²) in [5, 5.41) is 49.5. The van der Waals surface area contributed by atoms with Crippen molar-refractivity contribution in [1.29, 1.82) is 0 Å². The van der Waals surface area contributed by atoms with Gasteiger partial charge in [0.25, 0.3) is 5.91 Å². The molecule has 0 aliphatic rings. The third-order valence-corrected chi connectivity index (χ3v) is 2.62. The zero-order valence-electron chi connectivity index (χ0n) is 10.9. The maximum Gasteiger partial charge on any atom is 0.271 e. The molecule has 0 unspecified atom stereocenters. The van der Waals surface area contributed by atoms with E-state index in [1.807, 2.05) is 0 Å². The van der Waals surface area contributed by atoms with Gasteiger partial charge in [0.2, 0.25) is 0 Å². The number of carbonyl (C=O) groups is 1. The van der Waals surface area contributed by atoms with Gasteiger partial charge in [-0.15, -0.1) is 0 Å². The molecule has 0 bridgehead atoms. The number of aliphatic hydroxyl groups excluding tert-OH is 5. The Kier molecular flexibility index (Phi) is 6.85. The highest BCUT2D eigenvalue weighted by Crippen LogP contribution is 2.03. The first-order valence-electron chi connectivity index (χ1n) is 6.04. The average molecular weight is 299 g/mol. The van der Waals surface area contributed by atoms with Crippen molar-refractivity contribution >= 4 is 12.1 Å². The van der Waals surface area contributed by atoms with E-state index in [9.17, 15) is 20.1 Å². The molecule has 6 N–H and O–H groups in total. The van der Waals surface area contributed by atoms with E-state index in [-0.39, 0.29) is 0 Å². The van der Waals surface area contributed by atoms with Crippen LogP contribution >= 0.6 is 0 Å². The van der Waals surface area contributed by atoms with Crippen LogP contribution in [0, 0.1) is 0 Å². The van der Waals surface area contributed by atoms with Crippen LogP contribution < -0.4 is 5.43 Å². The van der Waals surface area contributed by atoms with Crippen LogP contribution in [-0.2, 0) is 0 Å². The Balaban J connectivity index is 2.51. The van der Waals surface area contributed by atoms with Gasteiger partial charge in [0.05, 0.1) is 12.8 Å². The number of carbonyl (C=O) groups excluding carboxylic acids is 1. The van der Waals surface area contributed by atoms with Crippen LogP contribution in [0.1, 0.15) is 10.4 Å². The molecule has 0 fully saturated rings. The van der Waals surface area contributed by atoms with E-state index in [0.717, 1.165) is 6.21 Å². The molecule has 21 heavy (non-hydrogen) atoms. The summed E-state index contributed by atoms with van der Waals surface area (Å²) in [6.07, 6.45) is -3.14. The van der Waals surface area contributed by atoms with E-state index in [4.69, 9.17) is 10.2 Å². The van der Waals surface area contributed by atoms with E-state index in [0.29, 0.717) is 5.56 Å². The zero-order chi connectivity index (χ0) is 15.8. The molecule has 0 radical (unpaired) electrons. The van der Waals surface area contributed by atoms with Crippen LogP contribution in [-0.4, -0.2) is 73.7 Å². The van der Waals surface area contributed by atoms with Gasteiger partial charge in [-0.2, -0.15) is 5.10 Å². The van der Waals surface area contributed by atoms with Gasteiger partial charge in [-0.05, 0) is 12.1 Å². The van der Waals surface area contributed by atoms with Gasteiger partial charge in [-0.1, -0.05) is 0 Å². The number of rotatable bonds is 7. The molecule has 1 rings (SSSR count). The first-order chi connectivity index (χ1) is 9.97. The molecule has 9 heteroatoms. The van der Waals surface area contributed by atoms with Crippen molar-refractivity contribution in [3.63, 3.8) is 0 Å². The average Bonchev–Trinajstić information content (AvgIpc) is 2.53. The van der Waals surface area contributed by atoms with Gasteiger partial charge in [-0.25, -0.2) is 5.43 Å². The molecule has 1 heterocycles. The number of hydrogen-bond acceptors (Lipinski definition) is 8. The summed E-state index contributed by atoms with van der Waals surface area (Å²) >= 11 is 0. The molecule has 0 saturated carbocycles. The van der Waals surface area contributed by atoms with E-state index in [1.165, 1.54) is 24.5 Å². The molecule has 0 aromatic carbocycles. The molecule has 0 spiro atoms. The van der Waals surface area contributed by atoms with Crippen molar-refractivity contribution in [3.8, 4) is 0 Å². The number of hydrazone groups is 1. The van der Waals surface area contributed by atoms with Crippen LogP contribution in [0.3, 0.4) is 0 Å². The molecule has 4 atom stereocenters. The molecular formula is C12H17N3O6. The van der Waals surface area contributed by atoms with Crippen molar-refractivity contribution in [2.45, 2.75) is 24.4 Å². The minimum absolute atomic E-state index is 0.299. The van der Waals surface area contributed by atoms with Gasteiger partial charge in [0.1, 0.15) is 24.4 Å². The molecular weight excluding hydrogens is 282 g/mol. The van der Waals surface area contributed by atoms with Crippen LogP contribution in [0.2, 0.25) is 0 Å². The minimum atomic E-state index is -1.77. The highest BCUT2D eigenvalue weighted by atomic mass is 16.4. The maximum absolute atomic E-state index is 11.6. The van der Waals surface area contributed by atoms with Crippen LogP contribution in [0.15, 0.2) is 29.6 Å². The molecule has 1 aromatic heterocycles. The number of nitrogens with one attached hydrogen (secondary N) is 1. The lowest BCUT2D eigenvalue weighted by Crippen LogP contribution is -2.46. The van der Waals surface area contributed by atoms with E-state index in [1.54, 1.807) is 0 Å². The smallest absolute Gasteiger partial charge is 0.271 e. The third kappa shape index (κ3) is 5.17. The van der Waals surface area contributed by atoms with Gasteiger partial charge in [0.15, 0.2) is 0 Å². The predicted molar refractivity (Wildman–Crippen MR) is 71.3 cm³/mol. The summed E-state index contributed by atoms with van der Waals surface area (Å²) in [5.41, 5.74) is 2.40.